The largest absolute Gasteiger partial charge is 0.445 e. The van der Waals surface area contributed by atoms with E-state index in [0.29, 0.717) is 15.8 Å². The molecule has 0 atom stereocenters. The van der Waals surface area contributed by atoms with E-state index in [9.17, 15) is 10.1 Å². The third kappa shape index (κ3) is 2.96. The lowest BCUT2D eigenvalue weighted by atomic mass is 10.3. The number of nitrogens with zero attached hydrogens (tertiary/aromatic N) is 2. The van der Waals surface area contributed by atoms with Crippen LogP contribution in [0.5, 0.6) is 10.8 Å². The lowest BCUT2D eigenvalue weighted by Crippen LogP contribution is -1.83. The first-order chi connectivity index (χ1) is 9.01. The van der Waals surface area contributed by atoms with Gasteiger partial charge in [0.15, 0.2) is 0 Å². The maximum absolute atomic E-state index is 10.6. The van der Waals surface area contributed by atoms with Gasteiger partial charge in [0.1, 0.15) is 17.4 Å². The molecule has 0 N–H and O–H groups in total. The van der Waals surface area contributed by atoms with E-state index in [2.05, 4.69) is 0 Å². The quantitative estimate of drug-likeness (QED) is 0.611. The first-order valence-corrected chi connectivity index (χ1v) is 6.39. The van der Waals surface area contributed by atoms with E-state index in [1.807, 2.05) is 6.07 Å². The number of nitro groups is 1. The van der Waals surface area contributed by atoms with Crippen LogP contribution in [-0.4, -0.2) is 4.92 Å². The van der Waals surface area contributed by atoms with E-state index in [4.69, 9.17) is 33.2 Å². The summed E-state index contributed by atoms with van der Waals surface area (Å²) in [6, 6.07) is 7.56. The highest BCUT2D eigenvalue weighted by Crippen LogP contribution is 2.39. The molecule has 0 unspecified atom stereocenters. The van der Waals surface area contributed by atoms with Crippen LogP contribution >= 0.6 is 34.5 Å². The maximum Gasteiger partial charge on any atom is 0.328 e. The molecule has 0 aliphatic rings. The fourth-order valence-corrected chi connectivity index (χ4v) is 2.33. The van der Waals surface area contributed by atoms with Gasteiger partial charge in [0.2, 0.25) is 5.06 Å². The molecule has 0 aliphatic carbocycles. The molecule has 8 heteroatoms. The van der Waals surface area contributed by atoms with Crippen molar-refractivity contribution in [1.29, 1.82) is 5.26 Å². The van der Waals surface area contributed by atoms with E-state index in [1.165, 1.54) is 12.1 Å². The van der Waals surface area contributed by atoms with E-state index in [1.54, 1.807) is 6.07 Å². The molecular formula is C11H4Cl2N2O3S. The summed E-state index contributed by atoms with van der Waals surface area (Å²) < 4.78 is 5.42. The zero-order valence-electron chi connectivity index (χ0n) is 9.09. The lowest BCUT2D eigenvalue weighted by molar-refractivity contribution is -0.380. The van der Waals surface area contributed by atoms with Crippen LogP contribution in [0.1, 0.15) is 5.56 Å². The molecule has 5 nitrogen and oxygen atoms in total. The summed E-state index contributed by atoms with van der Waals surface area (Å²) >= 11 is 12.4. The molecule has 0 saturated heterocycles. The van der Waals surface area contributed by atoms with Crippen LogP contribution in [-0.2, 0) is 0 Å². The van der Waals surface area contributed by atoms with Crippen LogP contribution in [0, 0.1) is 21.4 Å². The van der Waals surface area contributed by atoms with Gasteiger partial charge in [-0.2, -0.15) is 5.26 Å². The van der Waals surface area contributed by atoms with Crippen molar-refractivity contribution < 1.29 is 9.66 Å². The van der Waals surface area contributed by atoms with Crippen LogP contribution in [0.3, 0.4) is 0 Å². The molecule has 0 amide bonds. The topological polar surface area (TPSA) is 76.2 Å². The second-order valence-corrected chi connectivity index (χ2v) is 5.14. The molecule has 0 aliphatic heterocycles. The second-order valence-electron chi connectivity index (χ2n) is 3.33. The minimum atomic E-state index is -0.576. The Balaban J connectivity index is 2.35. The predicted octanol–water partition coefficient (Wildman–Crippen LogP) is 4.63. The second kappa shape index (κ2) is 5.45. The molecule has 0 radical (unpaired) electrons. The lowest BCUT2D eigenvalue weighted by Gasteiger charge is -2.04. The monoisotopic (exact) mass is 314 g/mol. The van der Waals surface area contributed by atoms with Crippen LogP contribution in [0.25, 0.3) is 0 Å². The summed E-state index contributed by atoms with van der Waals surface area (Å²) in [7, 11) is 0. The fraction of sp³-hybridized carbons (Fsp3) is 0. The van der Waals surface area contributed by atoms with Gasteiger partial charge < -0.3 is 4.74 Å². The van der Waals surface area contributed by atoms with E-state index < -0.39 is 4.92 Å². The number of hydrogen-bond donors (Lipinski definition) is 0. The standard InChI is InChI=1S/C11H4Cl2N2O3S/c12-8-2-1-7(4-9(8)13)18-11-6(5-14)3-10(19-11)15(16)17/h1-4H. The van der Waals surface area contributed by atoms with Gasteiger partial charge in [0.05, 0.1) is 15.0 Å². The summed E-state index contributed by atoms with van der Waals surface area (Å²) in [6.07, 6.45) is 0. The Morgan fingerprint density at radius 1 is 1.32 bits per heavy atom. The van der Waals surface area contributed by atoms with Crippen molar-refractivity contribution in [3.8, 4) is 16.9 Å². The highest BCUT2D eigenvalue weighted by atomic mass is 35.5. The van der Waals surface area contributed by atoms with Gasteiger partial charge in [-0.1, -0.05) is 23.2 Å². The summed E-state index contributed by atoms with van der Waals surface area (Å²) in [5, 5.41) is 20.2. The minimum Gasteiger partial charge on any atom is -0.445 e. The number of thiophene rings is 1. The Hall–Kier alpha value is -1.81. The maximum atomic E-state index is 10.6. The highest BCUT2D eigenvalue weighted by Gasteiger charge is 2.18. The zero-order valence-corrected chi connectivity index (χ0v) is 11.4. The number of hydrogen-bond acceptors (Lipinski definition) is 5. The number of rotatable bonds is 3. The molecule has 0 bridgehead atoms. The molecule has 2 rings (SSSR count). The van der Waals surface area contributed by atoms with Crippen molar-refractivity contribution >= 4 is 39.5 Å². The molecular weight excluding hydrogens is 311 g/mol. The number of nitriles is 1. The number of halogens is 2. The van der Waals surface area contributed by atoms with Crippen molar-refractivity contribution in [3.63, 3.8) is 0 Å². The summed E-state index contributed by atoms with van der Waals surface area (Å²) in [5.41, 5.74) is 0.0998. The summed E-state index contributed by atoms with van der Waals surface area (Å²) in [6.45, 7) is 0. The van der Waals surface area contributed by atoms with Crippen LogP contribution in [0.2, 0.25) is 10.0 Å². The van der Waals surface area contributed by atoms with Crippen molar-refractivity contribution in [1.82, 2.24) is 0 Å². The molecule has 2 aromatic rings. The highest BCUT2D eigenvalue weighted by molar-refractivity contribution is 7.17. The fourth-order valence-electron chi connectivity index (χ4n) is 1.25. The first-order valence-electron chi connectivity index (χ1n) is 4.82. The van der Waals surface area contributed by atoms with E-state index in [-0.39, 0.29) is 15.6 Å². The average Bonchev–Trinajstić information content (AvgIpc) is 2.77. The minimum absolute atomic E-state index is 0.0998. The van der Waals surface area contributed by atoms with Crippen molar-refractivity contribution in [2.24, 2.45) is 0 Å². The third-order valence-corrected chi connectivity index (χ3v) is 3.79. The Morgan fingerprint density at radius 2 is 2.05 bits per heavy atom. The summed E-state index contributed by atoms with van der Waals surface area (Å²) in [4.78, 5) is 10.1. The molecule has 1 heterocycles. The molecule has 0 saturated carbocycles. The SMILES string of the molecule is N#Cc1cc([N+](=O)[O-])sc1Oc1ccc(Cl)c(Cl)c1. The first kappa shape index (κ1) is 13.6. The van der Waals surface area contributed by atoms with Gasteiger partial charge in [-0.15, -0.1) is 0 Å². The van der Waals surface area contributed by atoms with Crippen molar-refractivity contribution in [2.75, 3.05) is 0 Å². The number of benzene rings is 1. The van der Waals surface area contributed by atoms with Gasteiger partial charge in [-0.3, -0.25) is 10.1 Å². The van der Waals surface area contributed by atoms with E-state index in [0.717, 1.165) is 17.4 Å². The van der Waals surface area contributed by atoms with Gasteiger partial charge in [0, 0.05) is 12.1 Å². The molecule has 1 aromatic heterocycles. The molecule has 0 fully saturated rings. The van der Waals surface area contributed by atoms with Crippen LogP contribution in [0.4, 0.5) is 5.00 Å². The van der Waals surface area contributed by atoms with Gasteiger partial charge in [-0.05, 0) is 23.5 Å². The Bertz CT molecular complexity index is 694. The van der Waals surface area contributed by atoms with Crippen LogP contribution < -0.4 is 4.74 Å². The molecule has 1 aromatic carbocycles. The van der Waals surface area contributed by atoms with Crippen molar-refractivity contribution in [3.05, 3.63) is 50.0 Å². The zero-order chi connectivity index (χ0) is 14.0. The smallest absolute Gasteiger partial charge is 0.328 e. The average molecular weight is 315 g/mol. The third-order valence-electron chi connectivity index (χ3n) is 2.09. The Morgan fingerprint density at radius 3 is 2.63 bits per heavy atom. The molecule has 96 valence electrons. The van der Waals surface area contributed by atoms with Gasteiger partial charge >= 0.3 is 5.00 Å². The van der Waals surface area contributed by atoms with E-state index >= 15 is 0 Å². The van der Waals surface area contributed by atoms with Gasteiger partial charge in [0.25, 0.3) is 0 Å². The Labute approximate surface area is 121 Å². The van der Waals surface area contributed by atoms with Gasteiger partial charge in [-0.25, -0.2) is 0 Å². The van der Waals surface area contributed by atoms with Crippen molar-refractivity contribution in [2.45, 2.75) is 0 Å². The predicted molar refractivity (Wildman–Crippen MR) is 72.2 cm³/mol. The van der Waals surface area contributed by atoms with Crippen LogP contribution in [0.15, 0.2) is 24.3 Å². The normalized spacial score (nSPS) is 9.95. The molecule has 0 spiro atoms. The Kier molecular flexibility index (Phi) is 3.90. The summed E-state index contributed by atoms with van der Waals surface area (Å²) in [5.74, 6) is 0.350. The molecule has 19 heavy (non-hydrogen) atoms. The number of ether oxygens (including phenoxy) is 1.